The number of ether oxygens (including phenoxy) is 2. The molecule has 216 valence electrons. The summed E-state index contributed by atoms with van der Waals surface area (Å²) in [7, 11) is 0. The molecule has 1 aliphatic carbocycles. The molecule has 0 radical (unpaired) electrons. The van der Waals surface area contributed by atoms with Crippen molar-refractivity contribution in [3.8, 4) is 0 Å². The molecule has 3 N–H and O–H groups in total. The predicted molar refractivity (Wildman–Crippen MR) is 158 cm³/mol. The molecular formula is C30H36N6O5. The highest BCUT2D eigenvalue weighted by Crippen LogP contribution is 2.42. The van der Waals surface area contributed by atoms with Crippen LogP contribution < -0.4 is 20.9 Å². The van der Waals surface area contributed by atoms with Crippen LogP contribution in [0.5, 0.6) is 0 Å². The molecule has 0 spiro atoms. The van der Waals surface area contributed by atoms with Crippen molar-refractivity contribution < 1.29 is 19.2 Å². The molecular weight excluding hydrogens is 524 g/mol. The Morgan fingerprint density at radius 1 is 0.976 bits per heavy atom. The first-order chi connectivity index (χ1) is 19.6. The molecule has 41 heavy (non-hydrogen) atoms. The van der Waals surface area contributed by atoms with Crippen LogP contribution >= 0.6 is 0 Å². The minimum atomic E-state index is -0.583. The minimum absolute atomic E-state index is 0.128. The summed E-state index contributed by atoms with van der Waals surface area (Å²) in [5.41, 5.74) is 2.34. The molecule has 0 unspecified atom stereocenters. The number of amides is 1. The van der Waals surface area contributed by atoms with Crippen molar-refractivity contribution >= 4 is 40.5 Å². The molecule has 2 fully saturated rings. The van der Waals surface area contributed by atoms with E-state index in [0.29, 0.717) is 11.5 Å². The number of nitrogens with one attached hydrogen (secondary N) is 3. The first kappa shape index (κ1) is 28.2. The zero-order valence-corrected chi connectivity index (χ0v) is 23.6. The van der Waals surface area contributed by atoms with Crippen molar-refractivity contribution in [2.24, 2.45) is 0 Å². The van der Waals surface area contributed by atoms with Gasteiger partial charge >= 0.3 is 11.8 Å². The number of hydrogen-bond donors (Lipinski definition) is 3. The van der Waals surface area contributed by atoms with Crippen LogP contribution in [0, 0.1) is 10.1 Å². The summed E-state index contributed by atoms with van der Waals surface area (Å²) < 4.78 is 10.9. The van der Waals surface area contributed by atoms with E-state index in [1.807, 2.05) is 69.3 Å². The summed E-state index contributed by atoms with van der Waals surface area (Å²) in [5.74, 6) is 0.603. The fraction of sp³-hybridized carbons (Fsp3) is 0.400. The molecule has 0 bridgehead atoms. The molecule has 2 heterocycles. The molecule has 11 heteroatoms. The second-order valence-corrected chi connectivity index (χ2v) is 11.4. The molecule has 0 atom stereocenters. The van der Waals surface area contributed by atoms with Crippen molar-refractivity contribution in [2.75, 3.05) is 41.8 Å². The van der Waals surface area contributed by atoms with Crippen LogP contribution in [-0.2, 0) is 15.0 Å². The summed E-state index contributed by atoms with van der Waals surface area (Å²) in [6, 6.07) is 18.5. The number of carbonyl (C=O) groups excluding carboxylic acids is 1. The minimum Gasteiger partial charge on any atom is -0.444 e. The van der Waals surface area contributed by atoms with Gasteiger partial charge < -0.3 is 30.3 Å². The summed E-state index contributed by atoms with van der Waals surface area (Å²) in [6.07, 6.45) is 2.18. The van der Waals surface area contributed by atoms with Crippen LogP contribution in [0.4, 0.5) is 39.2 Å². The average molecular weight is 561 g/mol. The fourth-order valence-corrected chi connectivity index (χ4v) is 5.01. The lowest BCUT2D eigenvalue weighted by molar-refractivity contribution is -0.384. The van der Waals surface area contributed by atoms with Crippen molar-refractivity contribution in [3.05, 3.63) is 76.3 Å². The predicted octanol–water partition coefficient (Wildman–Crippen LogP) is 6.22. The number of nitrogens with zero attached hydrogens (tertiary/aromatic N) is 3. The summed E-state index contributed by atoms with van der Waals surface area (Å²) >= 11 is 0. The fourth-order valence-electron chi connectivity index (χ4n) is 5.01. The second-order valence-electron chi connectivity index (χ2n) is 11.4. The molecule has 3 aromatic rings. The monoisotopic (exact) mass is 560 g/mol. The zero-order valence-electron chi connectivity index (χ0n) is 23.6. The van der Waals surface area contributed by atoms with E-state index in [0.717, 1.165) is 62.5 Å². The first-order valence-electron chi connectivity index (χ1n) is 13.8. The standard InChI is InChI=1S/C30H36N6O5/c1-29(2,3)41-28(37)34-30(15-4-16-30)21-5-7-23(8-6-21)32-27-25(36(38)39)13-14-26(33-27)31-22-9-11-24(12-10-22)35-17-19-40-20-18-35/h5-14H,4,15-20H2,1-3H3,(H,34,37)(H2,31,32,33). The summed E-state index contributed by atoms with van der Waals surface area (Å²) in [6.45, 7) is 8.65. The Balaban J connectivity index is 1.29. The Kier molecular flexibility index (Phi) is 7.98. The van der Waals surface area contributed by atoms with Gasteiger partial charge in [-0.2, -0.15) is 0 Å². The quantitative estimate of drug-likeness (QED) is 0.217. The van der Waals surface area contributed by atoms with Gasteiger partial charge in [0.2, 0.25) is 5.82 Å². The maximum Gasteiger partial charge on any atom is 0.408 e. The zero-order chi connectivity index (χ0) is 29.0. The van der Waals surface area contributed by atoms with Gasteiger partial charge in [-0.15, -0.1) is 0 Å². The van der Waals surface area contributed by atoms with Gasteiger partial charge in [0.1, 0.15) is 11.4 Å². The molecule has 2 aliphatic rings. The number of carbonyl (C=O) groups is 1. The van der Waals surface area contributed by atoms with E-state index < -0.39 is 22.2 Å². The van der Waals surface area contributed by atoms with E-state index in [4.69, 9.17) is 9.47 Å². The van der Waals surface area contributed by atoms with E-state index in [1.54, 1.807) is 6.07 Å². The van der Waals surface area contributed by atoms with Gasteiger partial charge in [-0.3, -0.25) is 10.1 Å². The number of benzene rings is 2. The Morgan fingerprint density at radius 2 is 1.61 bits per heavy atom. The molecule has 1 amide bonds. The van der Waals surface area contributed by atoms with Gasteiger partial charge in [0.05, 0.1) is 23.7 Å². The lowest BCUT2D eigenvalue weighted by atomic mass is 9.72. The number of anilines is 5. The molecule has 1 aliphatic heterocycles. The van der Waals surface area contributed by atoms with Gasteiger partial charge in [-0.05, 0) is 88.1 Å². The van der Waals surface area contributed by atoms with Crippen molar-refractivity contribution in [1.29, 1.82) is 0 Å². The van der Waals surface area contributed by atoms with E-state index in [2.05, 4.69) is 25.8 Å². The van der Waals surface area contributed by atoms with Crippen LogP contribution in [0.25, 0.3) is 0 Å². The van der Waals surface area contributed by atoms with E-state index in [1.165, 1.54) is 6.07 Å². The van der Waals surface area contributed by atoms with Crippen molar-refractivity contribution in [3.63, 3.8) is 0 Å². The van der Waals surface area contributed by atoms with Crippen molar-refractivity contribution in [2.45, 2.75) is 51.2 Å². The Labute approximate surface area is 239 Å². The molecule has 1 aromatic heterocycles. The van der Waals surface area contributed by atoms with Gasteiger partial charge in [0.15, 0.2) is 0 Å². The molecule has 1 saturated carbocycles. The van der Waals surface area contributed by atoms with E-state index in [-0.39, 0.29) is 11.5 Å². The number of morpholine rings is 1. The third-order valence-electron chi connectivity index (χ3n) is 7.23. The number of hydrogen-bond acceptors (Lipinski definition) is 9. The second kappa shape index (κ2) is 11.6. The Hall–Kier alpha value is -4.38. The largest absolute Gasteiger partial charge is 0.444 e. The Bertz CT molecular complexity index is 1380. The van der Waals surface area contributed by atoms with Crippen LogP contribution in [0.3, 0.4) is 0 Å². The lowest BCUT2D eigenvalue weighted by Gasteiger charge is -2.43. The average Bonchev–Trinajstić information content (AvgIpc) is 2.91. The van der Waals surface area contributed by atoms with Crippen molar-refractivity contribution in [1.82, 2.24) is 10.3 Å². The number of rotatable bonds is 8. The third-order valence-corrected chi connectivity index (χ3v) is 7.23. The number of alkyl carbamates (subject to hydrolysis) is 1. The molecule has 11 nitrogen and oxygen atoms in total. The maximum absolute atomic E-state index is 12.5. The first-order valence-corrected chi connectivity index (χ1v) is 13.8. The van der Waals surface area contributed by atoms with Gasteiger partial charge in [0, 0.05) is 36.2 Å². The van der Waals surface area contributed by atoms with Crippen LogP contribution in [0.15, 0.2) is 60.7 Å². The van der Waals surface area contributed by atoms with E-state index >= 15 is 0 Å². The number of aromatic nitrogens is 1. The highest BCUT2D eigenvalue weighted by atomic mass is 16.6. The lowest BCUT2D eigenvalue weighted by Crippen LogP contribution is -2.52. The third kappa shape index (κ3) is 6.86. The Morgan fingerprint density at radius 3 is 2.20 bits per heavy atom. The number of nitro groups is 1. The number of pyridine rings is 1. The SMILES string of the molecule is CC(C)(C)OC(=O)NC1(c2ccc(Nc3nc(Nc4ccc(N5CCOCC5)cc4)ccc3[N+](=O)[O-])cc2)CCC1. The maximum atomic E-state index is 12.5. The highest BCUT2D eigenvalue weighted by Gasteiger charge is 2.41. The van der Waals surface area contributed by atoms with Crippen LogP contribution in [-0.4, -0.2) is 47.9 Å². The summed E-state index contributed by atoms with van der Waals surface area (Å²) in [4.78, 5) is 30.5. The van der Waals surface area contributed by atoms with Gasteiger partial charge in [-0.1, -0.05) is 12.1 Å². The van der Waals surface area contributed by atoms with Gasteiger partial charge in [-0.25, -0.2) is 9.78 Å². The summed E-state index contributed by atoms with van der Waals surface area (Å²) in [5, 5.41) is 21.1. The normalized spacial score (nSPS) is 16.3. The van der Waals surface area contributed by atoms with Crippen LogP contribution in [0.2, 0.25) is 0 Å². The smallest absolute Gasteiger partial charge is 0.408 e. The van der Waals surface area contributed by atoms with E-state index in [9.17, 15) is 14.9 Å². The topological polar surface area (TPSA) is 131 Å². The molecule has 1 saturated heterocycles. The molecule has 2 aromatic carbocycles. The van der Waals surface area contributed by atoms with Crippen LogP contribution in [0.1, 0.15) is 45.6 Å². The molecule has 5 rings (SSSR count). The highest BCUT2D eigenvalue weighted by molar-refractivity contribution is 5.71. The van der Waals surface area contributed by atoms with Gasteiger partial charge in [0.25, 0.3) is 0 Å².